The zero-order valence-electron chi connectivity index (χ0n) is 22.1. The van der Waals surface area contributed by atoms with Crippen LogP contribution in [0.1, 0.15) is 118 Å². The normalized spacial score (nSPS) is 49.0. The van der Waals surface area contributed by atoms with Crippen LogP contribution in [0.4, 0.5) is 0 Å². The minimum Gasteiger partial charge on any atom is -0.481 e. The zero-order valence-corrected chi connectivity index (χ0v) is 22.1. The fourth-order valence-electron chi connectivity index (χ4n) is 10.4. The lowest BCUT2D eigenvalue weighted by Crippen LogP contribution is -2.58. The lowest BCUT2D eigenvalue weighted by atomic mass is 9.43. The molecule has 0 aromatic heterocycles. The molecule has 1 saturated heterocycles. The lowest BCUT2D eigenvalue weighted by Gasteiger charge is -2.60. The van der Waals surface area contributed by atoms with Crippen molar-refractivity contribution in [1.29, 1.82) is 0 Å². The van der Waals surface area contributed by atoms with Gasteiger partial charge in [0, 0.05) is 11.8 Å². The van der Waals surface area contributed by atoms with E-state index in [2.05, 4.69) is 34.6 Å². The van der Waals surface area contributed by atoms with E-state index in [4.69, 9.17) is 9.84 Å². The molecule has 0 aromatic carbocycles. The van der Waals surface area contributed by atoms with Gasteiger partial charge in [-0.3, -0.25) is 4.79 Å². The maximum absolute atomic E-state index is 11.1. The van der Waals surface area contributed by atoms with E-state index in [1.807, 2.05) is 0 Å². The molecule has 2 unspecified atom stereocenters. The van der Waals surface area contributed by atoms with Crippen LogP contribution in [0.25, 0.3) is 0 Å². The number of hydrogen-bond acceptors (Lipinski definition) is 2. The molecule has 188 valence electrons. The van der Waals surface area contributed by atoms with Crippen LogP contribution in [0.15, 0.2) is 0 Å². The third-order valence-corrected chi connectivity index (χ3v) is 12.2. The third kappa shape index (κ3) is 3.82. The van der Waals surface area contributed by atoms with Crippen LogP contribution in [-0.4, -0.2) is 22.8 Å². The molecular formula is C30H50O3. The second kappa shape index (κ2) is 8.52. The molecule has 3 heteroatoms. The minimum absolute atomic E-state index is 0.0888. The minimum atomic E-state index is -0.640. The average molecular weight is 459 g/mol. The Morgan fingerprint density at radius 1 is 1.03 bits per heavy atom. The monoisotopic (exact) mass is 458 g/mol. The molecule has 10 atom stereocenters. The molecule has 3 nitrogen and oxygen atoms in total. The van der Waals surface area contributed by atoms with Crippen LogP contribution in [0.3, 0.4) is 0 Å². The Bertz CT molecular complexity index is 747. The van der Waals surface area contributed by atoms with Gasteiger partial charge in [0.15, 0.2) is 0 Å². The van der Waals surface area contributed by atoms with Crippen molar-refractivity contribution in [3.8, 4) is 0 Å². The molecule has 0 bridgehead atoms. The molecule has 4 saturated carbocycles. The Labute approximate surface area is 202 Å². The molecule has 33 heavy (non-hydrogen) atoms. The van der Waals surface area contributed by atoms with Crippen LogP contribution in [0, 0.1) is 52.3 Å². The van der Waals surface area contributed by atoms with E-state index in [9.17, 15) is 4.79 Å². The van der Waals surface area contributed by atoms with Crippen molar-refractivity contribution in [3.05, 3.63) is 0 Å². The molecular weight excluding hydrogens is 408 g/mol. The smallest absolute Gasteiger partial charge is 0.303 e. The van der Waals surface area contributed by atoms with Gasteiger partial charge in [0.1, 0.15) is 5.60 Å². The fraction of sp³-hybridized carbons (Fsp3) is 0.967. The van der Waals surface area contributed by atoms with Gasteiger partial charge >= 0.3 is 5.97 Å². The van der Waals surface area contributed by atoms with Gasteiger partial charge in [0.2, 0.25) is 0 Å². The van der Waals surface area contributed by atoms with E-state index < -0.39 is 5.97 Å². The highest BCUT2D eigenvalue weighted by Crippen LogP contribution is 2.75. The number of epoxide rings is 1. The standard InChI is InChI=1S/C30H50O3/c1-19(2)7-6-8-20(3)23-10-11-24-22-17-26-30(33-26)18-21(9-12-27(31)32)13-16-29(30,5)25(22)14-15-28(23,24)4/h19-26H,6-18H2,1-5H3,(H,31,32)/t20?,21-,22-,23+,24-,25-,26-,28+,29+,30?/m0/s1. The van der Waals surface area contributed by atoms with Gasteiger partial charge in [0.25, 0.3) is 0 Å². The fourth-order valence-corrected chi connectivity index (χ4v) is 10.4. The lowest BCUT2D eigenvalue weighted by molar-refractivity contribution is -0.138. The predicted molar refractivity (Wildman–Crippen MR) is 133 cm³/mol. The van der Waals surface area contributed by atoms with Crippen molar-refractivity contribution >= 4 is 5.97 Å². The van der Waals surface area contributed by atoms with Crippen LogP contribution in [-0.2, 0) is 9.53 Å². The number of ether oxygens (including phenoxy) is 1. The quantitative estimate of drug-likeness (QED) is 0.379. The topological polar surface area (TPSA) is 49.8 Å². The number of rotatable bonds is 8. The Kier molecular flexibility index (Phi) is 6.24. The molecule has 1 aliphatic heterocycles. The van der Waals surface area contributed by atoms with E-state index in [0.29, 0.717) is 29.3 Å². The van der Waals surface area contributed by atoms with Crippen molar-refractivity contribution in [3.63, 3.8) is 0 Å². The summed E-state index contributed by atoms with van der Waals surface area (Å²) in [5, 5.41) is 9.17. The van der Waals surface area contributed by atoms with E-state index in [0.717, 1.165) is 48.3 Å². The third-order valence-electron chi connectivity index (χ3n) is 12.2. The predicted octanol–water partition coefficient (Wildman–Crippen LogP) is 7.72. The van der Waals surface area contributed by atoms with Gasteiger partial charge in [-0.2, -0.15) is 0 Å². The molecule has 0 aromatic rings. The first kappa shape index (κ1) is 24.1. The summed E-state index contributed by atoms with van der Waals surface area (Å²) in [6.07, 6.45) is 16.5. The summed E-state index contributed by atoms with van der Waals surface area (Å²) in [6.45, 7) is 12.6. The zero-order chi connectivity index (χ0) is 23.6. The van der Waals surface area contributed by atoms with Crippen LogP contribution in [0.2, 0.25) is 0 Å². The Balaban J connectivity index is 1.28. The van der Waals surface area contributed by atoms with E-state index >= 15 is 0 Å². The maximum atomic E-state index is 11.1. The second-order valence-corrected chi connectivity index (χ2v) is 14.1. The van der Waals surface area contributed by atoms with Crippen LogP contribution >= 0.6 is 0 Å². The number of carboxylic acid groups (broad SMARTS) is 1. The number of carbonyl (C=O) groups is 1. The van der Waals surface area contributed by atoms with Crippen molar-refractivity contribution in [2.75, 3.05) is 0 Å². The molecule has 5 aliphatic rings. The summed E-state index contributed by atoms with van der Waals surface area (Å²) in [5.74, 6) is 5.11. The van der Waals surface area contributed by atoms with Crippen molar-refractivity contribution in [1.82, 2.24) is 0 Å². The Morgan fingerprint density at radius 3 is 2.55 bits per heavy atom. The number of aliphatic carboxylic acids is 1. The summed E-state index contributed by atoms with van der Waals surface area (Å²) in [6, 6.07) is 0. The average Bonchev–Trinajstić information content (AvgIpc) is 3.33. The highest BCUT2D eigenvalue weighted by molar-refractivity contribution is 5.66. The summed E-state index contributed by atoms with van der Waals surface area (Å²) in [5.41, 5.74) is 0.955. The summed E-state index contributed by atoms with van der Waals surface area (Å²) >= 11 is 0. The first-order valence-electron chi connectivity index (χ1n) is 14.5. The highest BCUT2D eigenvalue weighted by Gasteiger charge is 2.75. The Morgan fingerprint density at radius 2 is 1.82 bits per heavy atom. The summed E-state index contributed by atoms with van der Waals surface area (Å²) < 4.78 is 6.69. The molecule has 5 fully saturated rings. The van der Waals surface area contributed by atoms with Gasteiger partial charge in [-0.25, -0.2) is 0 Å². The molecule has 0 amide bonds. The maximum Gasteiger partial charge on any atom is 0.303 e. The number of hydrogen-bond donors (Lipinski definition) is 1. The van der Waals surface area contributed by atoms with Gasteiger partial charge in [0.05, 0.1) is 6.10 Å². The Hall–Kier alpha value is -0.570. The number of fused-ring (bicyclic) bond motifs is 4. The summed E-state index contributed by atoms with van der Waals surface area (Å²) in [4.78, 5) is 11.1. The first-order chi connectivity index (χ1) is 15.6. The van der Waals surface area contributed by atoms with Crippen LogP contribution < -0.4 is 0 Å². The van der Waals surface area contributed by atoms with Crippen LogP contribution in [0.5, 0.6) is 0 Å². The van der Waals surface area contributed by atoms with E-state index in [1.165, 1.54) is 64.2 Å². The van der Waals surface area contributed by atoms with Gasteiger partial charge in [-0.15, -0.1) is 0 Å². The highest BCUT2D eigenvalue weighted by atomic mass is 16.6. The molecule has 0 radical (unpaired) electrons. The van der Waals surface area contributed by atoms with Gasteiger partial charge < -0.3 is 9.84 Å². The van der Waals surface area contributed by atoms with Gasteiger partial charge in [-0.05, 0) is 105 Å². The van der Waals surface area contributed by atoms with E-state index in [-0.39, 0.29) is 5.60 Å². The van der Waals surface area contributed by atoms with E-state index in [1.54, 1.807) is 0 Å². The molecule has 1 spiro atoms. The largest absolute Gasteiger partial charge is 0.481 e. The molecule has 1 heterocycles. The molecule has 4 aliphatic carbocycles. The van der Waals surface area contributed by atoms with Gasteiger partial charge in [-0.1, -0.05) is 53.9 Å². The summed E-state index contributed by atoms with van der Waals surface area (Å²) in [7, 11) is 0. The SMILES string of the molecule is CC(C)CCCC(C)[C@H]1CC[C@H]2[C@@H]3C[C@@H]4OC45C[C@@H](CCC(=O)O)CC[C@]5(C)[C@H]3CC[C@]12C. The number of carboxylic acids is 1. The first-order valence-corrected chi connectivity index (χ1v) is 14.5. The van der Waals surface area contributed by atoms with Crippen molar-refractivity contribution in [2.24, 2.45) is 52.3 Å². The molecule has 5 rings (SSSR count). The molecule has 1 N–H and O–H groups in total. The van der Waals surface area contributed by atoms with Crippen molar-refractivity contribution in [2.45, 2.75) is 130 Å². The second-order valence-electron chi connectivity index (χ2n) is 14.1. The van der Waals surface area contributed by atoms with Crippen molar-refractivity contribution < 1.29 is 14.6 Å².